The summed E-state index contributed by atoms with van der Waals surface area (Å²) in [7, 11) is 1.31. The largest absolute Gasteiger partial charge is 0.493 e. The summed E-state index contributed by atoms with van der Waals surface area (Å²) in [5.74, 6) is 0.446. The molecule has 1 aromatic heterocycles. The van der Waals surface area contributed by atoms with Gasteiger partial charge in [0.15, 0.2) is 11.5 Å². The molecule has 0 radical (unpaired) electrons. The van der Waals surface area contributed by atoms with Gasteiger partial charge in [0.25, 0.3) is 5.91 Å². The Hall–Kier alpha value is -2.64. The highest BCUT2D eigenvalue weighted by molar-refractivity contribution is 6.04. The van der Waals surface area contributed by atoms with Crippen molar-refractivity contribution in [3.63, 3.8) is 0 Å². The van der Waals surface area contributed by atoms with E-state index in [4.69, 9.17) is 4.74 Å². The lowest BCUT2D eigenvalue weighted by molar-refractivity contribution is -0.0512. The molecular formula is C16H19F2N3O3. The number of carbonyl (C=O) groups is 1. The summed E-state index contributed by atoms with van der Waals surface area (Å²) in [6.45, 7) is 1.77. The van der Waals surface area contributed by atoms with Gasteiger partial charge in [-0.25, -0.2) is 4.68 Å². The number of rotatable bonds is 7. The maximum atomic E-state index is 12.4. The molecule has 0 bridgehead atoms. The van der Waals surface area contributed by atoms with E-state index in [0.29, 0.717) is 18.3 Å². The molecule has 1 amide bonds. The van der Waals surface area contributed by atoms with E-state index in [2.05, 4.69) is 15.2 Å². The summed E-state index contributed by atoms with van der Waals surface area (Å²) in [4.78, 5) is 12.4. The van der Waals surface area contributed by atoms with E-state index in [-0.39, 0.29) is 17.1 Å². The van der Waals surface area contributed by atoms with Gasteiger partial charge in [0.05, 0.1) is 13.3 Å². The fraction of sp³-hybridized carbons (Fsp3) is 0.375. The number of aromatic nitrogens is 2. The highest BCUT2D eigenvalue weighted by atomic mass is 19.3. The first-order valence-corrected chi connectivity index (χ1v) is 7.36. The van der Waals surface area contributed by atoms with Crippen molar-refractivity contribution in [3.8, 4) is 11.5 Å². The van der Waals surface area contributed by atoms with Gasteiger partial charge in [-0.3, -0.25) is 4.79 Å². The Morgan fingerprint density at radius 2 is 2.04 bits per heavy atom. The van der Waals surface area contributed by atoms with Gasteiger partial charge in [-0.15, -0.1) is 0 Å². The monoisotopic (exact) mass is 339 g/mol. The summed E-state index contributed by atoms with van der Waals surface area (Å²) in [5, 5.41) is 6.90. The maximum absolute atomic E-state index is 12.4. The number of nitrogens with zero attached hydrogens (tertiary/aromatic N) is 2. The molecule has 8 heteroatoms. The Labute approximate surface area is 138 Å². The maximum Gasteiger partial charge on any atom is 0.387 e. The van der Waals surface area contributed by atoms with Crippen LogP contribution in [0.5, 0.6) is 11.5 Å². The molecule has 24 heavy (non-hydrogen) atoms. The Kier molecular flexibility index (Phi) is 5.73. The van der Waals surface area contributed by atoms with Crippen molar-refractivity contribution in [1.82, 2.24) is 9.78 Å². The Bertz CT molecular complexity index is 702. The molecule has 2 rings (SSSR count). The van der Waals surface area contributed by atoms with E-state index >= 15 is 0 Å². The number of amides is 1. The van der Waals surface area contributed by atoms with E-state index < -0.39 is 12.5 Å². The molecule has 0 atom stereocenters. The van der Waals surface area contributed by atoms with Gasteiger partial charge in [0.1, 0.15) is 5.82 Å². The molecule has 0 fully saturated rings. The van der Waals surface area contributed by atoms with Crippen LogP contribution in [0.3, 0.4) is 0 Å². The number of benzene rings is 1. The van der Waals surface area contributed by atoms with Crippen LogP contribution < -0.4 is 14.8 Å². The molecule has 0 aliphatic heterocycles. The van der Waals surface area contributed by atoms with Crippen molar-refractivity contribution < 1.29 is 23.0 Å². The van der Waals surface area contributed by atoms with Crippen LogP contribution in [-0.2, 0) is 6.54 Å². The molecule has 0 unspecified atom stereocenters. The molecule has 0 saturated carbocycles. The molecule has 1 N–H and O–H groups in total. The Morgan fingerprint density at radius 1 is 1.29 bits per heavy atom. The second-order valence-corrected chi connectivity index (χ2v) is 5.49. The van der Waals surface area contributed by atoms with Crippen molar-refractivity contribution in [2.45, 2.75) is 27.0 Å². The number of nitrogens with one attached hydrogen (secondary N) is 1. The van der Waals surface area contributed by atoms with Crippen LogP contribution in [0.1, 0.15) is 24.2 Å². The van der Waals surface area contributed by atoms with Crippen LogP contribution in [0.4, 0.5) is 14.6 Å². The molecule has 0 aliphatic carbocycles. The standard InChI is InChI=1S/C16H19F2N3O3/c1-10(2)9-21-14(6-7-19-21)20-15(22)11-4-5-12(24-16(17)18)13(8-11)23-3/h4-8,10,16H,9H2,1-3H3,(H,20,22). The highest BCUT2D eigenvalue weighted by Crippen LogP contribution is 2.29. The molecule has 6 nitrogen and oxygen atoms in total. The topological polar surface area (TPSA) is 65.4 Å². The average Bonchev–Trinajstić information content (AvgIpc) is 2.93. The Morgan fingerprint density at radius 3 is 2.67 bits per heavy atom. The number of halogens is 2. The molecule has 0 spiro atoms. The number of hydrogen-bond acceptors (Lipinski definition) is 4. The van der Waals surface area contributed by atoms with Gasteiger partial charge in [-0.1, -0.05) is 13.8 Å². The molecule has 0 aliphatic rings. The van der Waals surface area contributed by atoms with Crippen LogP contribution in [0.2, 0.25) is 0 Å². The van der Waals surface area contributed by atoms with E-state index in [1.807, 2.05) is 13.8 Å². The minimum atomic E-state index is -2.97. The van der Waals surface area contributed by atoms with Gasteiger partial charge in [-0.2, -0.15) is 13.9 Å². The third kappa shape index (κ3) is 4.43. The van der Waals surface area contributed by atoms with Crippen LogP contribution >= 0.6 is 0 Å². The minimum Gasteiger partial charge on any atom is -0.493 e. The normalized spacial score (nSPS) is 11.0. The summed E-state index contributed by atoms with van der Waals surface area (Å²) in [6.07, 6.45) is 1.60. The first-order chi connectivity index (χ1) is 11.4. The molecule has 1 aromatic carbocycles. The van der Waals surface area contributed by atoms with Crippen LogP contribution in [0.15, 0.2) is 30.5 Å². The second-order valence-electron chi connectivity index (χ2n) is 5.49. The zero-order valence-electron chi connectivity index (χ0n) is 13.6. The molecule has 2 aromatic rings. The predicted molar refractivity (Wildman–Crippen MR) is 84.6 cm³/mol. The summed E-state index contributed by atoms with van der Waals surface area (Å²) >= 11 is 0. The highest BCUT2D eigenvalue weighted by Gasteiger charge is 2.15. The van der Waals surface area contributed by atoms with Crippen molar-refractivity contribution in [3.05, 3.63) is 36.0 Å². The third-order valence-electron chi connectivity index (χ3n) is 3.14. The van der Waals surface area contributed by atoms with Gasteiger partial charge in [0, 0.05) is 18.2 Å². The van der Waals surface area contributed by atoms with Crippen LogP contribution in [0, 0.1) is 5.92 Å². The zero-order valence-corrected chi connectivity index (χ0v) is 13.6. The third-order valence-corrected chi connectivity index (χ3v) is 3.14. The van der Waals surface area contributed by atoms with E-state index in [9.17, 15) is 13.6 Å². The summed E-state index contributed by atoms with van der Waals surface area (Å²) in [5.41, 5.74) is 0.255. The number of anilines is 1. The molecule has 130 valence electrons. The minimum absolute atomic E-state index is 0.0543. The van der Waals surface area contributed by atoms with E-state index in [0.717, 1.165) is 0 Å². The second kappa shape index (κ2) is 7.76. The lowest BCUT2D eigenvalue weighted by atomic mass is 10.2. The summed E-state index contributed by atoms with van der Waals surface area (Å²) in [6, 6.07) is 5.69. The van der Waals surface area contributed by atoms with Gasteiger partial charge >= 0.3 is 6.61 Å². The lowest BCUT2D eigenvalue weighted by Crippen LogP contribution is -2.17. The first kappa shape index (κ1) is 17.7. The number of hydrogen-bond donors (Lipinski definition) is 1. The Balaban J connectivity index is 2.17. The van der Waals surface area contributed by atoms with Crippen LogP contribution in [0.25, 0.3) is 0 Å². The van der Waals surface area contributed by atoms with Crippen molar-refractivity contribution >= 4 is 11.7 Å². The predicted octanol–water partition coefficient (Wildman–Crippen LogP) is 3.40. The molecule has 0 saturated heterocycles. The van der Waals surface area contributed by atoms with Crippen molar-refractivity contribution in [2.24, 2.45) is 5.92 Å². The average molecular weight is 339 g/mol. The van der Waals surface area contributed by atoms with Crippen molar-refractivity contribution in [1.29, 1.82) is 0 Å². The number of carbonyl (C=O) groups excluding carboxylic acids is 1. The van der Waals surface area contributed by atoms with Gasteiger partial charge < -0.3 is 14.8 Å². The van der Waals surface area contributed by atoms with Gasteiger partial charge in [0.2, 0.25) is 0 Å². The fourth-order valence-electron chi connectivity index (χ4n) is 2.12. The zero-order chi connectivity index (χ0) is 17.7. The number of ether oxygens (including phenoxy) is 2. The SMILES string of the molecule is COc1cc(C(=O)Nc2ccnn2CC(C)C)ccc1OC(F)F. The molecule has 1 heterocycles. The summed E-state index contributed by atoms with van der Waals surface area (Å²) < 4.78 is 35.7. The number of methoxy groups -OCH3 is 1. The lowest BCUT2D eigenvalue weighted by Gasteiger charge is -2.13. The smallest absolute Gasteiger partial charge is 0.387 e. The molecular weight excluding hydrogens is 320 g/mol. The van der Waals surface area contributed by atoms with Crippen LogP contribution in [-0.4, -0.2) is 29.4 Å². The van der Waals surface area contributed by atoms with E-state index in [1.165, 1.54) is 25.3 Å². The van der Waals surface area contributed by atoms with E-state index in [1.54, 1.807) is 16.9 Å². The van der Waals surface area contributed by atoms with Crippen molar-refractivity contribution in [2.75, 3.05) is 12.4 Å². The number of alkyl halides is 2. The van der Waals surface area contributed by atoms with Gasteiger partial charge in [-0.05, 0) is 24.1 Å². The quantitative estimate of drug-likeness (QED) is 0.840. The fourth-order valence-corrected chi connectivity index (χ4v) is 2.12. The first-order valence-electron chi connectivity index (χ1n) is 7.36.